The molecule has 0 aliphatic carbocycles. The molecule has 3 rings (SSSR count). The van der Waals surface area contributed by atoms with Gasteiger partial charge < -0.3 is 10.6 Å². The van der Waals surface area contributed by atoms with Crippen LogP contribution < -0.4 is 16.1 Å². The number of anilines is 4. The molecule has 0 aliphatic rings. The SMILES string of the molecule is CONC(=O)c1ccc(F)cc1Nc1cc(Nc2cc(C)nn2C(C)C)ncc1Cl. The fourth-order valence-corrected chi connectivity index (χ4v) is 3.00. The first kappa shape index (κ1) is 21.5. The van der Waals surface area contributed by atoms with Crippen LogP contribution >= 0.6 is 11.6 Å². The van der Waals surface area contributed by atoms with Crippen LogP contribution in [0.3, 0.4) is 0 Å². The van der Waals surface area contributed by atoms with Crippen molar-refractivity contribution < 1.29 is 14.0 Å². The molecule has 1 aromatic carbocycles. The number of aryl methyl sites for hydroxylation is 1. The molecule has 0 fully saturated rings. The van der Waals surface area contributed by atoms with Crippen LogP contribution in [0.25, 0.3) is 0 Å². The number of aromatic nitrogens is 3. The molecule has 3 N–H and O–H groups in total. The van der Waals surface area contributed by atoms with Gasteiger partial charge >= 0.3 is 0 Å². The minimum absolute atomic E-state index is 0.153. The molecule has 10 heteroatoms. The van der Waals surface area contributed by atoms with Crippen LogP contribution in [0, 0.1) is 12.7 Å². The molecule has 3 aromatic rings. The highest BCUT2D eigenvalue weighted by atomic mass is 35.5. The summed E-state index contributed by atoms with van der Waals surface area (Å²) in [5.41, 5.74) is 3.94. The summed E-state index contributed by atoms with van der Waals surface area (Å²) in [5.74, 6) is 0.239. The Morgan fingerprint density at radius 3 is 2.67 bits per heavy atom. The number of benzene rings is 1. The second kappa shape index (κ2) is 9.10. The Balaban J connectivity index is 1.92. The molecular weight excluding hydrogens is 411 g/mol. The average Bonchev–Trinajstić information content (AvgIpc) is 3.05. The maximum absolute atomic E-state index is 13.8. The van der Waals surface area contributed by atoms with Crippen LogP contribution in [-0.4, -0.2) is 27.8 Å². The van der Waals surface area contributed by atoms with Gasteiger partial charge in [0, 0.05) is 18.2 Å². The van der Waals surface area contributed by atoms with E-state index in [4.69, 9.17) is 11.6 Å². The summed E-state index contributed by atoms with van der Waals surface area (Å²) in [6.45, 7) is 5.95. The molecular formula is C20H22ClFN6O2. The lowest BCUT2D eigenvalue weighted by Crippen LogP contribution is -2.22. The van der Waals surface area contributed by atoms with Gasteiger partial charge in [0.05, 0.1) is 41.0 Å². The number of nitrogens with one attached hydrogen (secondary N) is 3. The van der Waals surface area contributed by atoms with Crippen LogP contribution in [0.15, 0.2) is 36.5 Å². The van der Waals surface area contributed by atoms with E-state index in [0.717, 1.165) is 11.5 Å². The van der Waals surface area contributed by atoms with Crippen molar-refractivity contribution in [2.45, 2.75) is 26.8 Å². The lowest BCUT2D eigenvalue weighted by Gasteiger charge is -2.15. The van der Waals surface area contributed by atoms with Gasteiger partial charge in [0.25, 0.3) is 5.91 Å². The van der Waals surface area contributed by atoms with Crippen LogP contribution in [0.5, 0.6) is 0 Å². The van der Waals surface area contributed by atoms with Crippen molar-refractivity contribution in [1.29, 1.82) is 0 Å². The number of halogens is 2. The zero-order chi connectivity index (χ0) is 21.8. The van der Waals surface area contributed by atoms with Gasteiger partial charge in [0.2, 0.25) is 0 Å². The van der Waals surface area contributed by atoms with Crippen LogP contribution in [0.1, 0.15) is 35.9 Å². The number of hydroxylamine groups is 1. The van der Waals surface area contributed by atoms with Crippen molar-refractivity contribution in [2.24, 2.45) is 0 Å². The van der Waals surface area contributed by atoms with Crippen molar-refractivity contribution in [3.05, 3.63) is 58.6 Å². The molecule has 1 amide bonds. The van der Waals surface area contributed by atoms with E-state index in [1.807, 2.05) is 31.5 Å². The molecule has 0 atom stereocenters. The van der Waals surface area contributed by atoms with Crippen LogP contribution in [-0.2, 0) is 4.84 Å². The van der Waals surface area contributed by atoms with E-state index >= 15 is 0 Å². The molecule has 2 aromatic heterocycles. The third-order valence-corrected chi connectivity index (χ3v) is 4.45. The van der Waals surface area contributed by atoms with Crippen molar-refractivity contribution >= 4 is 40.5 Å². The summed E-state index contributed by atoms with van der Waals surface area (Å²) >= 11 is 6.28. The third kappa shape index (κ3) is 4.87. The summed E-state index contributed by atoms with van der Waals surface area (Å²) in [5, 5.41) is 11.0. The van der Waals surface area contributed by atoms with E-state index in [1.54, 1.807) is 6.07 Å². The smallest absolute Gasteiger partial charge is 0.276 e. The molecule has 0 radical (unpaired) electrons. The Hall–Kier alpha value is -3.17. The highest BCUT2D eigenvalue weighted by molar-refractivity contribution is 6.33. The maximum atomic E-state index is 13.8. The van der Waals surface area contributed by atoms with Crippen molar-refractivity contribution in [1.82, 2.24) is 20.2 Å². The van der Waals surface area contributed by atoms with E-state index < -0.39 is 11.7 Å². The van der Waals surface area contributed by atoms with Gasteiger partial charge in [-0.3, -0.25) is 9.63 Å². The van der Waals surface area contributed by atoms with E-state index in [1.165, 1.54) is 31.5 Å². The summed E-state index contributed by atoms with van der Waals surface area (Å²) in [4.78, 5) is 21.2. The van der Waals surface area contributed by atoms with E-state index in [0.29, 0.717) is 16.5 Å². The number of rotatable bonds is 7. The molecule has 0 saturated carbocycles. The first-order valence-electron chi connectivity index (χ1n) is 9.17. The molecule has 158 valence electrons. The van der Waals surface area contributed by atoms with Crippen molar-refractivity contribution in [2.75, 3.05) is 17.7 Å². The van der Waals surface area contributed by atoms with E-state index in [9.17, 15) is 9.18 Å². The van der Waals surface area contributed by atoms with Crippen molar-refractivity contribution in [3.63, 3.8) is 0 Å². The highest BCUT2D eigenvalue weighted by Crippen LogP contribution is 2.30. The molecule has 0 unspecified atom stereocenters. The zero-order valence-corrected chi connectivity index (χ0v) is 17.7. The third-order valence-electron chi connectivity index (χ3n) is 4.15. The Labute approximate surface area is 178 Å². The lowest BCUT2D eigenvalue weighted by atomic mass is 10.1. The van der Waals surface area contributed by atoms with E-state index in [-0.39, 0.29) is 17.3 Å². The number of carbonyl (C=O) groups is 1. The Bertz CT molecular complexity index is 1070. The number of pyridine rings is 1. The number of hydrogen-bond acceptors (Lipinski definition) is 6. The number of amides is 1. The van der Waals surface area contributed by atoms with E-state index in [2.05, 4.69) is 31.0 Å². The molecule has 0 bridgehead atoms. The molecule has 0 saturated heterocycles. The quantitative estimate of drug-likeness (QED) is 0.467. The normalized spacial score (nSPS) is 10.9. The number of nitrogens with zero attached hydrogens (tertiary/aromatic N) is 3. The standard InChI is InChI=1S/C20H22ClFN6O2/c1-11(2)28-19(7-12(3)26-28)25-18-9-17(15(21)10-23-18)24-16-8-13(22)5-6-14(16)20(29)27-30-4/h5-11H,1-4H3,(H,27,29)(H2,23,24,25). The van der Waals surface area contributed by atoms with Crippen molar-refractivity contribution in [3.8, 4) is 0 Å². The molecule has 8 nitrogen and oxygen atoms in total. The summed E-state index contributed by atoms with van der Waals surface area (Å²) in [7, 11) is 1.32. The Kier molecular flexibility index (Phi) is 6.53. The summed E-state index contributed by atoms with van der Waals surface area (Å²) < 4.78 is 15.7. The van der Waals surface area contributed by atoms with Gasteiger partial charge in [0.15, 0.2) is 0 Å². The van der Waals surface area contributed by atoms with Gasteiger partial charge in [-0.05, 0) is 39.0 Å². The summed E-state index contributed by atoms with van der Waals surface area (Å²) in [6.07, 6.45) is 1.46. The summed E-state index contributed by atoms with van der Waals surface area (Å²) in [6, 6.07) is 7.46. The largest absolute Gasteiger partial charge is 0.353 e. The van der Waals surface area contributed by atoms with Gasteiger partial charge in [-0.2, -0.15) is 5.10 Å². The first-order valence-corrected chi connectivity index (χ1v) is 9.55. The second-order valence-corrected chi connectivity index (χ2v) is 7.24. The number of carbonyl (C=O) groups excluding carboxylic acids is 1. The highest BCUT2D eigenvalue weighted by Gasteiger charge is 2.15. The Morgan fingerprint density at radius 1 is 1.20 bits per heavy atom. The van der Waals surface area contributed by atoms with Crippen LogP contribution in [0.4, 0.5) is 27.4 Å². The average molecular weight is 433 g/mol. The Morgan fingerprint density at radius 2 is 1.97 bits per heavy atom. The topological polar surface area (TPSA) is 93.1 Å². The number of hydrogen-bond donors (Lipinski definition) is 3. The minimum atomic E-state index is -0.528. The van der Waals surface area contributed by atoms with Gasteiger partial charge in [-0.25, -0.2) is 19.5 Å². The molecule has 30 heavy (non-hydrogen) atoms. The van der Waals surface area contributed by atoms with Crippen LogP contribution in [0.2, 0.25) is 5.02 Å². The first-order chi connectivity index (χ1) is 14.3. The minimum Gasteiger partial charge on any atom is -0.353 e. The maximum Gasteiger partial charge on any atom is 0.276 e. The molecule has 0 aliphatic heterocycles. The lowest BCUT2D eigenvalue weighted by molar-refractivity contribution is 0.0538. The molecule has 2 heterocycles. The second-order valence-electron chi connectivity index (χ2n) is 6.83. The fraction of sp³-hybridized carbons (Fsp3) is 0.250. The fourth-order valence-electron chi connectivity index (χ4n) is 2.85. The van der Waals surface area contributed by atoms with Gasteiger partial charge in [-0.15, -0.1) is 0 Å². The van der Waals surface area contributed by atoms with Gasteiger partial charge in [-0.1, -0.05) is 11.6 Å². The monoisotopic (exact) mass is 432 g/mol. The predicted molar refractivity (Wildman–Crippen MR) is 114 cm³/mol. The zero-order valence-electron chi connectivity index (χ0n) is 17.0. The molecule has 0 spiro atoms. The van der Waals surface area contributed by atoms with Gasteiger partial charge in [0.1, 0.15) is 17.5 Å². The predicted octanol–water partition coefficient (Wildman–Crippen LogP) is 4.74.